The van der Waals surface area contributed by atoms with Gasteiger partial charge in [-0.3, -0.25) is 4.79 Å². The summed E-state index contributed by atoms with van der Waals surface area (Å²) in [5.74, 6) is -1.32. The number of carboxylic acid groups (broad SMARTS) is 1. The van der Waals surface area contributed by atoms with Gasteiger partial charge in [0.15, 0.2) is 6.04 Å². The first-order valence-electron chi connectivity index (χ1n) is 10.6. The third kappa shape index (κ3) is 4.49. The maximum atomic E-state index is 13.1. The number of ether oxygens (including phenoxy) is 1. The molecule has 2 aromatic rings. The van der Waals surface area contributed by atoms with Crippen molar-refractivity contribution in [1.29, 1.82) is 0 Å². The largest absolute Gasteiger partial charge is 0.479 e. The van der Waals surface area contributed by atoms with Gasteiger partial charge < -0.3 is 14.7 Å². The van der Waals surface area contributed by atoms with Crippen LogP contribution in [0.3, 0.4) is 0 Å². The Balaban J connectivity index is 1.60. The van der Waals surface area contributed by atoms with E-state index in [1.165, 1.54) is 4.90 Å². The van der Waals surface area contributed by atoms with Crippen LogP contribution in [0.5, 0.6) is 0 Å². The lowest BCUT2D eigenvalue weighted by Gasteiger charge is -2.23. The highest BCUT2D eigenvalue weighted by Gasteiger charge is 2.41. The Morgan fingerprint density at radius 3 is 2.81 bits per heavy atom. The minimum atomic E-state index is -1.18. The van der Waals surface area contributed by atoms with Crippen LogP contribution in [0, 0.1) is 0 Å². The molecule has 1 unspecified atom stereocenters. The molecule has 0 radical (unpaired) electrons. The summed E-state index contributed by atoms with van der Waals surface area (Å²) in [6.45, 7) is 8.19. The van der Waals surface area contributed by atoms with Crippen molar-refractivity contribution < 1.29 is 19.4 Å². The molecule has 2 heterocycles. The van der Waals surface area contributed by atoms with Gasteiger partial charge in [-0.25, -0.2) is 9.48 Å². The van der Waals surface area contributed by atoms with Crippen LogP contribution >= 0.6 is 15.9 Å². The molecule has 4 rings (SSSR count). The second kappa shape index (κ2) is 8.52. The predicted molar refractivity (Wildman–Crippen MR) is 123 cm³/mol. The normalized spacial score (nSPS) is 16.5. The van der Waals surface area contributed by atoms with Crippen molar-refractivity contribution in [3.63, 3.8) is 0 Å². The number of halogens is 1. The third-order valence-electron chi connectivity index (χ3n) is 5.96. The minimum Gasteiger partial charge on any atom is -0.479 e. The summed E-state index contributed by atoms with van der Waals surface area (Å²) in [7, 11) is -1.18. The summed E-state index contributed by atoms with van der Waals surface area (Å²) < 4.78 is 8.49. The van der Waals surface area contributed by atoms with Gasteiger partial charge in [0, 0.05) is 37.0 Å². The number of amides is 1. The molecular formula is C22H28BrN3O4Si. The number of hydrogen-bond acceptors (Lipinski definition) is 4. The van der Waals surface area contributed by atoms with E-state index >= 15 is 0 Å². The topological polar surface area (TPSA) is 84.7 Å². The molecule has 1 aromatic carbocycles. The summed E-state index contributed by atoms with van der Waals surface area (Å²) in [5.41, 5.74) is 3.87. The van der Waals surface area contributed by atoms with Crippen LogP contribution in [0.4, 0.5) is 0 Å². The number of rotatable bonds is 8. The minimum absolute atomic E-state index is 0.267. The van der Waals surface area contributed by atoms with E-state index in [0.29, 0.717) is 24.6 Å². The molecule has 166 valence electrons. The SMILES string of the molecule is C[Si](C)(C)CCOCn1nc(C(C(=O)O)N2Cc3ccc(Br)cc3C2=O)c2c1CCC2. The van der Waals surface area contributed by atoms with Gasteiger partial charge in [0.2, 0.25) is 0 Å². The highest BCUT2D eigenvalue weighted by Crippen LogP contribution is 2.37. The van der Waals surface area contributed by atoms with E-state index in [4.69, 9.17) is 4.74 Å². The van der Waals surface area contributed by atoms with Crippen LogP contribution in [-0.2, 0) is 35.6 Å². The van der Waals surface area contributed by atoms with Gasteiger partial charge in [0.05, 0.1) is 0 Å². The molecular weight excluding hydrogens is 478 g/mol. The summed E-state index contributed by atoms with van der Waals surface area (Å²) in [6.07, 6.45) is 2.60. The molecule has 0 bridgehead atoms. The zero-order valence-corrected chi connectivity index (χ0v) is 20.7. The van der Waals surface area contributed by atoms with E-state index in [2.05, 4.69) is 40.7 Å². The number of aromatic nitrogens is 2. The monoisotopic (exact) mass is 505 g/mol. The van der Waals surface area contributed by atoms with Gasteiger partial charge in [-0.2, -0.15) is 5.10 Å². The maximum Gasteiger partial charge on any atom is 0.332 e. The van der Waals surface area contributed by atoms with Crippen molar-refractivity contribution >= 4 is 35.9 Å². The first kappa shape index (κ1) is 22.2. The zero-order valence-electron chi connectivity index (χ0n) is 18.2. The molecule has 1 aliphatic carbocycles. The van der Waals surface area contributed by atoms with Crippen molar-refractivity contribution in [2.24, 2.45) is 0 Å². The molecule has 31 heavy (non-hydrogen) atoms. The van der Waals surface area contributed by atoms with Crippen LogP contribution in [-0.4, -0.2) is 46.3 Å². The van der Waals surface area contributed by atoms with E-state index in [-0.39, 0.29) is 12.5 Å². The first-order valence-corrected chi connectivity index (χ1v) is 15.1. The van der Waals surface area contributed by atoms with Crippen molar-refractivity contribution in [1.82, 2.24) is 14.7 Å². The number of carbonyl (C=O) groups is 2. The van der Waals surface area contributed by atoms with Crippen molar-refractivity contribution in [3.8, 4) is 0 Å². The number of aliphatic carboxylic acids is 1. The fourth-order valence-electron chi connectivity index (χ4n) is 4.30. The van der Waals surface area contributed by atoms with E-state index in [0.717, 1.165) is 46.6 Å². The lowest BCUT2D eigenvalue weighted by Crippen LogP contribution is -2.35. The fraction of sp³-hybridized carbons (Fsp3) is 0.500. The number of nitrogens with zero attached hydrogens (tertiary/aromatic N) is 3. The Hall–Kier alpha value is -1.97. The van der Waals surface area contributed by atoms with Crippen molar-refractivity contribution in [2.45, 2.75) is 64.3 Å². The van der Waals surface area contributed by atoms with Gasteiger partial charge >= 0.3 is 5.97 Å². The molecule has 2 aliphatic rings. The number of carbonyl (C=O) groups excluding carboxylic acids is 1. The van der Waals surface area contributed by atoms with Gasteiger partial charge in [-0.15, -0.1) is 0 Å². The van der Waals surface area contributed by atoms with Crippen LogP contribution in [0.1, 0.15) is 45.3 Å². The number of benzene rings is 1. The summed E-state index contributed by atoms with van der Waals surface area (Å²) in [6, 6.07) is 5.46. The van der Waals surface area contributed by atoms with Crippen molar-refractivity contribution in [2.75, 3.05) is 6.61 Å². The molecule has 7 nitrogen and oxygen atoms in total. The van der Waals surface area contributed by atoms with E-state index in [9.17, 15) is 14.7 Å². The van der Waals surface area contributed by atoms with Gasteiger partial charge in [-0.1, -0.05) is 41.6 Å². The van der Waals surface area contributed by atoms with Gasteiger partial charge in [0.1, 0.15) is 12.4 Å². The van der Waals surface area contributed by atoms with E-state index in [1.807, 2.05) is 16.8 Å². The van der Waals surface area contributed by atoms with Crippen LogP contribution in [0.25, 0.3) is 0 Å². The molecule has 0 fully saturated rings. The van der Waals surface area contributed by atoms with Gasteiger partial charge in [-0.05, 0) is 48.6 Å². The van der Waals surface area contributed by atoms with E-state index in [1.54, 1.807) is 6.07 Å². The predicted octanol–water partition coefficient (Wildman–Crippen LogP) is 4.23. The number of carboxylic acids is 1. The Morgan fingerprint density at radius 1 is 1.32 bits per heavy atom. The third-order valence-corrected chi connectivity index (χ3v) is 8.15. The summed E-state index contributed by atoms with van der Waals surface area (Å²) >= 11 is 3.40. The number of hydrogen-bond donors (Lipinski definition) is 1. The molecule has 0 spiro atoms. The highest BCUT2D eigenvalue weighted by molar-refractivity contribution is 9.10. The average molecular weight is 506 g/mol. The zero-order chi connectivity index (χ0) is 22.3. The maximum absolute atomic E-state index is 13.1. The van der Waals surface area contributed by atoms with E-state index < -0.39 is 20.1 Å². The Labute approximate surface area is 191 Å². The summed E-state index contributed by atoms with van der Waals surface area (Å²) in [4.78, 5) is 26.8. The van der Waals surface area contributed by atoms with Crippen LogP contribution < -0.4 is 0 Å². The Kier molecular flexibility index (Phi) is 6.11. The van der Waals surface area contributed by atoms with Crippen molar-refractivity contribution in [3.05, 3.63) is 50.8 Å². The summed E-state index contributed by atoms with van der Waals surface area (Å²) in [5, 5.41) is 14.8. The molecule has 1 aliphatic heterocycles. The molecule has 9 heteroatoms. The molecule has 1 amide bonds. The molecule has 0 saturated heterocycles. The van der Waals surface area contributed by atoms with Gasteiger partial charge in [0.25, 0.3) is 5.91 Å². The molecule has 0 saturated carbocycles. The second-order valence-corrected chi connectivity index (χ2v) is 16.0. The standard InChI is InChI=1S/C22H28BrN3O4Si/c1-31(2,3)10-9-30-13-26-18-6-4-5-16(18)19(24-26)20(22(28)29)25-12-14-7-8-15(23)11-17(14)21(25)27/h7-8,11,20H,4-6,9-10,12-13H2,1-3H3,(H,28,29). The smallest absolute Gasteiger partial charge is 0.332 e. The molecule has 1 aromatic heterocycles. The Bertz CT molecular complexity index is 1030. The second-order valence-electron chi connectivity index (χ2n) is 9.49. The lowest BCUT2D eigenvalue weighted by molar-refractivity contribution is -0.142. The first-order chi connectivity index (χ1) is 14.7. The quantitative estimate of drug-likeness (QED) is 0.428. The highest BCUT2D eigenvalue weighted by atomic mass is 79.9. The Morgan fingerprint density at radius 2 is 2.10 bits per heavy atom. The number of fused-ring (bicyclic) bond motifs is 2. The molecule has 1 atom stereocenters. The molecule has 1 N–H and O–H groups in total. The van der Waals surface area contributed by atoms with Crippen LogP contribution in [0.15, 0.2) is 22.7 Å². The fourth-order valence-corrected chi connectivity index (χ4v) is 5.42. The lowest BCUT2D eigenvalue weighted by atomic mass is 10.1. The average Bonchev–Trinajstić information content (AvgIpc) is 3.36. The van der Waals surface area contributed by atoms with Crippen LogP contribution in [0.2, 0.25) is 25.7 Å².